The number of ether oxygens (including phenoxy) is 1. The van der Waals surface area contributed by atoms with E-state index in [4.69, 9.17) is 4.74 Å². The van der Waals surface area contributed by atoms with Gasteiger partial charge in [-0.3, -0.25) is 9.59 Å². The van der Waals surface area contributed by atoms with Crippen molar-refractivity contribution < 1.29 is 19.1 Å². The molecule has 2 N–H and O–H groups in total. The minimum absolute atomic E-state index is 0.0219. The Bertz CT molecular complexity index is 489. The van der Waals surface area contributed by atoms with Gasteiger partial charge in [-0.05, 0) is 44.2 Å². The molecule has 6 heteroatoms. The summed E-state index contributed by atoms with van der Waals surface area (Å²) in [5.41, 5.74) is 0. The SMILES string of the molecule is CCCCCC[C@H](CCC(=O)CC(=O)N[C@H]1CCOC1=O)C1CCNCC1. The largest absolute Gasteiger partial charge is 0.464 e. The first-order valence-electron chi connectivity index (χ1n) is 10.8. The topological polar surface area (TPSA) is 84.5 Å². The maximum absolute atomic E-state index is 12.3. The lowest BCUT2D eigenvalue weighted by molar-refractivity contribution is -0.142. The lowest BCUT2D eigenvalue weighted by Gasteiger charge is -2.31. The fraction of sp³-hybridized carbons (Fsp3) is 0.857. The van der Waals surface area contributed by atoms with Crippen LogP contribution in [0.25, 0.3) is 0 Å². The Balaban J connectivity index is 1.73. The summed E-state index contributed by atoms with van der Waals surface area (Å²) in [5.74, 6) is 0.508. The summed E-state index contributed by atoms with van der Waals surface area (Å²) in [6.07, 6.45) is 10.3. The molecule has 27 heavy (non-hydrogen) atoms. The van der Waals surface area contributed by atoms with Crippen LogP contribution >= 0.6 is 0 Å². The number of cyclic esters (lactones) is 1. The summed E-state index contributed by atoms with van der Waals surface area (Å²) in [5, 5.41) is 6.03. The van der Waals surface area contributed by atoms with E-state index in [1.54, 1.807) is 0 Å². The Morgan fingerprint density at radius 3 is 2.59 bits per heavy atom. The molecule has 0 radical (unpaired) electrons. The monoisotopic (exact) mass is 380 g/mol. The molecule has 1 amide bonds. The molecule has 2 atom stereocenters. The summed E-state index contributed by atoms with van der Waals surface area (Å²) in [4.78, 5) is 35.7. The molecule has 0 aromatic rings. The minimum atomic E-state index is -0.577. The van der Waals surface area contributed by atoms with Gasteiger partial charge in [0.1, 0.15) is 11.8 Å². The Kier molecular flexibility index (Phi) is 9.81. The van der Waals surface area contributed by atoms with Crippen molar-refractivity contribution in [3.63, 3.8) is 0 Å². The summed E-state index contributed by atoms with van der Waals surface area (Å²) < 4.78 is 4.83. The molecule has 2 saturated heterocycles. The fourth-order valence-electron chi connectivity index (χ4n) is 4.25. The zero-order valence-electron chi connectivity index (χ0n) is 16.8. The Labute approximate surface area is 163 Å². The molecule has 0 aromatic heterocycles. The second-order valence-corrected chi connectivity index (χ2v) is 8.03. The van der Waals surface area contributed by atoms with Crippen molar-refractivity contribution in [2.24, 2.45) is 11.8 Å². The molecule has 2 rings (SSSR count). The van der Waals surface area contributed by atoms with Crippen molar-refractivity contribution in [2.45, 2.75) is 83.6 Å². The molecule has 0 bridgehead atoms. The van der Waals surface area contributed by atoms with Crippen molar-refractivity contribution in [3.8, 4) is 0 Å². The van der Waals surface area contributed by atoms with Crippen molar-refractivity contribution in [2.75, 3.05) is 19.7 Å². The number of piperidine rings is 1. The first-order chi connectivity index (χ1) is 13.1. The maximum Gasteiger partial charge on any atom is 0.328 e. The lowest BCUT2D eigenvalue weighted by atomic mass is 9.78. The molecular formula is C21H36N2O4. The lowest BCUT2D eigenvalue weighted by Crippen LogP contribution is -2.38. The van der Waals surface area contributed by atoms with Crippen LogP contribution < -0.4 is 10.6 Å². The van der Waals surface area contributed by atoms with Crippen molar-refractivity contribution in [3.05, 3.63) is 0 Å². The molecule has 0 aromatic carbocycles. The average molecular weight is 381 g/mol. The van der Waals surface area contributed by atoms with Crippen LogP contribution in [-0.2, 0) is 19.1 Å². The molecule has 6 nitrogen and oxygen atoms in total. The number of esters is 1. The van der Waals surface area contributed by atoms with Crippen LogP contribution in [0.1, 0.15) is 77.6 Å². The van der Waals surface area contributed by atoms with Crippen LogP contribution in [0.5, 0.6) is 0 Å². The van der Waals surface area contributed by atoms with Gasteiger partial charge in [0.2, 0.25) is 5.91 Å². The number of ketones is 1. The van der Waals surface area contributed by atoms with Crippen LogP contribution in [0.2, 0.25) is 0 Å². The molecule has 0 unspecified atom stereocenters. The van der Waals surface area contributed by atoms with Crippen LogP contribution in [0.4, 0.5) is 0 Å². The van der Waals surface area contributed by atoms with E-state index in [9.17, 15) is 14.4 Å². The Morgan fingerprint density at radius 1 is 1.15 bits per heavy atom. The molecule has 2 fully saturated rings. The second-order valence-electron chi connectivity index (χ2n) is 8.03. The summed E-state index contributed by atoms with van der Waals surface area (Å²) in [7, 11) is 0. The van der Waals surface area contributed by atoms with Crippen LogP contribution in [0, 0.1) is 11.8 Å². The fourth-order valence-corrected chi connectivity index (χ4v) is 4.25. The molecule has 0 aliphatic carbocycles. The van der Waals surface area contributed by atoms with Crippen molar-refractivity contribution in [1.82, 2.24) is 10.6 Å². The molecule has 2 aliphatic rings. The number of carbonyl (C=O) groups excluding carboxylic acids is 3. The van der Waals surface area contributed by atoms with Gasteiger partial charge in [0, 0.05) is 12.8 Å². The van der Waals surface area contributed by atoms with Gasteiger partial charge >= 0.3 is 5.97 Å². The van der Waals surface area contributed by atoms with Gasteiger partial charge in [0.05, 0.1) is 13.0 Å². The number of hydrogen-bond donors (Lipinski definition) is 2. The Morgan fingerprint density at radius 2 is 1.93 bits per heavy atom. The van der Waals surface area contributed by atoms with Crippen LogP contribution in [-0.4, -0.2) is 43.4 Å². The van der Waals surface area contributed by atoms with E-state index in [2.05, 4.69) is 17.6 Å². The maximum atomic E-state index is 12.3. The number of unbranched alkanes of at least 4 members (excludes halogenated alkanes) is 3. The predicted octanol–water partition coefficient (Wildman–Crippen LogP) is 2.74. The first kappa shape index (κ1) is 21.9. The van der Waals surface area contributed by atoms with Gasteiger partial charge in [-0.15, -0.1) is 0 Å². The number of rotatable bonds is 12. The smallest absolute Gasteiger partial charge is 0.328 e. The third kappa shape index (κ3) is 7.99. The van der Waals surface area contributed by atoms with E-state index in [-0.39, 0.29) is 18.1 Å². The molecule has 2 heterocycles. The number of nitrogens with one attached hydrogen (secondary N) is 2. The van der Waals surface area contributed by atoms with Gasteiger partial charge < -0.3 is 15.4 Å². The highest BCUT2D eigenvalue weighted by atomic mass is 16.5. The molecule has 2 aliphatic heterocycles. The zero-order chi connectivity index (χ0) is 19.5. The summed E-state index contributed by atoms with van der Waals surface area (Å²) >= 11 is 0. The Hall–Kier alpha value is -1.43. The van der Waals surface area contributed by atoms with E-state index < -0.39 is 12.0 Å². The van der Waals surface area contributed by atoms with Crippen LogP contribution in [0.3, 0.4) is 0 Å². The number of carbonyl (C=O) groups is 3. The van der Waals surface area contributed by atoms with Crippen molar-refractivity contribution in [1.29, 1.82) is 0 Å². The van der Waals surface area contributed by atoms with Gasteiger partial charge in [-0.25, -0.2) is 4.79 Å². The normalized spacial score (nSPS) is 21.7. The van der Waals surface area contributed by atoms with E-state index in [1.165, 1.54) is 44.9 Å². The number of Topliss-reactive ketones (excluding diaryl/α,β-unsaturated/α-hetero) is 1. The first-order valence-corrected chi connectivity index (χ1v) is 10.8. The van der Waals surface area contributed by atoms with Crippen molar-refractivity contribution >= 4 is 17.7 Å². The number of hydrogen-bond acceptors (Lipinski definition) is 5. The van der Waals surface area contributed by atoms with Gasteiger partial charge in [0.15, 0.2) is 0 Å². The van der Waals surface area contributed by atoms with Gasteiger partial charge in [0.25, 0.3) is 0 Å². The van der Waals surface area contributed by atoms with E-state index in [1.807, 2.05) is 0 Å². The second kappa shape index (κ2) is 12.1. The third-order valence-corrected chi connectivity index (χ3v) is 5.90. The summed E-state index contributed by atoms with van der Waals surface area (Å²) in [6.45, 7) is 4.71. The quantitative estimate of drug-likeness (QED) is 0.309. The highest BCUT2D eigenvalue weighted by molar-refractivity contribution is 5.99. The molecule has 154 valence electrons. The van der Waals surface area contributed by atoms with Crippen LogP contribution in [0.15, 0.2) is 0 Å². The number of amides is 1. The average Bonchev–Trinajstić information content (AvgIpc) is 3.06. The standard InChI is InChI=1S/C21H36N2O4/c1-2-3-4-5-6-16(17-9-12-22-13-10-17)7-8-18(24)15-20(25)23-19-11-14-27-21(19)26/h16-17,19,22H,2-15H2,1H3,(H,23,25)/t16-,19+/m1/s1. The highest BCUT2D eigenvalue weighted by Gasteiger charge is 2.29. The summed E-state index contributed by atoms with van der Waals surface area (Å²) in [6, 6.07) is -0.577. The molecular weight excluding hydrogens is 344 g/mol. The minimum Gasteiger partial charge on any atom is -0.464 e. The van der Waals surface area contributed by atoms with Gasteiger partial charge in [-0.2, -0.15) is 0 Å². The molecule has 0 spiro atoms. The zero-order valence-corrected chi connectivity index (χ0v) is 16.8. The molecule has 0 saturated carbocycles. The third-order valence-electron chi connectivity index (χ3n) is 5.90. The van der Waals surface area contributed by atoms with Gasteiger partial charge in [-0.1, -0.05) is 39.0 Å². The highest BCUT2D eigenvalue weighted by Crippen LogP contribution is 2.30. The van der Waals surface area contributed by atoms with E-state index in [0.29, 0.717) is 31.3 Å². The predicted molar refractivity (Wildman–Crippen MR) is 104 cm³/mol. The van der Waals surface area contributed by atoms with E-state index >= 15 is 0 Å². The van der Waals surface area contributed by atoms with E-state index in [0.717, 1.165) is 19.5 Å².